The summed E-state index contributed by atoms with van der Waals surface area (Å²) in [7, 11) is -2.27. The van der Waals surface area contributed by atoms with Gasteiger partial charge >= 0.3 is 0 Å². The minimum absolute atomic E-state index is 0.0888. The summed E-state index contributed by atoms with van der Waals surface area (Å²) in [5.41, 5.74) is 2.96. The van der Waals surface area contributed by atoms with E-state index in [0.29, 0.717) is 22.0 Å². The molecular formula is C27H25N3O3S2. The van der Waals surface area contributed by atoms with Crippen molar-refractivity contribution >= 4 is 43.2 Å². The van der Waals surface area contributed by atoms with E-state index < -0.39 is 15.9 Å². The highest BCUT2D eigenvalue weighted by Gasteiger charge is 2.21. The SMILES string of the molecule is C#CCn1c(=NC(=O)c2ccc(S(=O)(=O)N(C)c3ccccc3)cc2)sc2cc(C(C)C)ccc21. The minimum Gasteiger partial charge on any atom is -0.305 e. The second kappa shape index (κ2) is 9.90. The molecule has 0 fully saturated rings. The average molecular weight is 504 g/mol. The van der Waals surface area contributed by atoms with Crippen molar-refractivity contribution in [2.45, 2.75) is 31.2 Å². The van der Waals surface area contributed by atoms with Crippen molar-refractivity contribution in [1.29, 1.82) is 0 Å². The predicted molar refractivity (Wildman–Crippen MR) is 141 cm³/mol. The lowest BCUT2D eigenvalue weighted by Gasteiger charge is -2.19. The number of hydrogen-bond acceptors (Lipinski definition) is 4. The number of anilines is 1. The van der Waals surface area contributed by atoms with Gasteiger partial charge in [0.15, 0.2) is 4.80 Å². The first-order chi connectivity index (χ1) is 16.7. The van der Waals surface area contributed by atoms with E-state index in [1.807, 2.05) is 16.7 Å². The Morgan fingerprint density at radius 3 is 2.40 bits per heavy atom. The molecule has 3 aromatic carbocycles. The number of sulfonamides is 1. The van der Waals surface area contributed by atoms with E-state index in [1.165, 1.54) is 52.5 Å². The summed E-state index contributed by atoms with van der Waals surface area (Å²) in [4.78, 5) is 17.9. The van der Waals surface area contributed by atoms with Crippen molar-refractivity contribution in [3.8, 4) is 12.3 Å². The molecule has 178 valence electrons. The van der Waals surface area contributed by atoms with Crippen molar-refractivity contribution in [2.24, 2.45) is 4.99 Å². The number of benzene rings is 3. The number of terminal acetylenes is 1. The van der Waals surface area contributed by atoms with Gasteiger partial charge in [-0.1, -0.05) is 55.4 Å². The second-order valence-electron chi connectivity index (χ2n) is 8.31. The molecule has 8 heteroatoms. The van der Waals surface area contributed by atoms with Crippen LogP contribution in [0.3, 0.4) is 0 Å². The lowest BCUT2D eigenvalue weighted by atomic mass is 10.0. The van der Waals surface area contributed by atoms with Crippen LogP contribution in [0.1, 0.15) is 35.7 Å². The van der Waals surface area contributed by atoms with Gasteiger partial charge in [-0.05, 0) is 60.0 Å². The van der Waals surface area contributed by atoms with Gasteiger partial charge in [-0.2, -0.15) is 4.99 Å². The Bertz CT molecular complexity index is 1590. The summed E-state index contributed by atoms with van der Waals surface area (Å²) in [5.74, 6) is 2.54. The Balaban J connectivity index is 1.67. The Labute approximate surface area is 209 Å². The minimum atomic E-state index is -3.77. The molecule has 35 heavy (non-hydrogen) atoms. The molecule has 0 saturated carbocycles. The van der Waals surface area contributed by atoms with Gasteiger partial charge in [-0.3, -0.25) is 9.10 Å². The molecule has 4 aromatic rings. The van der Waals surface area contributed by atoms with Crippen molar-refractivity contribution in [1.82, 2.24) is 4.57 Å². The van der Waals surface area contributed by atoms with E-state index in [1.54, 1.807) is 24.3 Å². The number of aromatic nitrogens is 1. The zero-order valence-electron chi connectivity index (χ0n) is 19.7. The van der Waals surface area contributed by atoms with Crippen LogP contribution in [0.4, 0.5) is 5.69 Å². The van der Waals surface area contributed by atoms with Gasteiger partial charge in [0, 0.05) is 12.6 Å². The molecule has 6 nitrogen and oxygen atoms in total. The molecule has 0 atom stereocenters. The first-order valence-corrected chi connectivity index (χ1v) is 13.3. The highest BCUT2D eigenvalue weighted by molar-refractivity contribution is 7.92. The van der Waals surface area contributed by atoms with Gasteiger partial charge in [0.1, 0.15) is 0 Å². The number of nitrogens with zero attached hydrogens (tertiary/aromatic N) is 3. The van der Waals surface area contributed by atoms with Crippen LogP contribution < -0.4 is 9.11 Å². The van der Waals surface area contributed by atoms with Crippen molar-refractivity contribution in [3.05, 3.63) is 88.7 Å². The molecule has 0 aliphatic rings. The quantitative estimate of drug-likeness (QED) is 0.347. The molecule has 0 radical (unpaired) electrons. The molecule has 1 heterocycles. The zero-order chi connectivity index (χ0) is 25.2. The van der Waals surface area contributed by atoms with E-state index >= 15 is 0 Å². The number of hydrogen-bond donors (Lipinski definition) is 0. The van der Waals surface area contributed by atoms with Crippen LogP contribution in [0.5, 0.6) is 0 Å². The van der Waals surface area contributed by atoms with Gasteiger partial charge in [0.25, 0.3) is 15.9 Å². The monoisotopic (exact) mass is 503 g/mol. The van der Waals surface area contributed by atoms with Gasteiger partial charge < -0.3 is 4.57 Å². The maximum Gasteiger partial charge on any atom is 0.279 e. The number of amides is 1. The van der Waals surface area contributed by atoms with Crippen LogP contribution in [0, 0.1) is 12.3 Å². The van der Waals surface area contributed by atoms with Crippen LogP contribution in [-0.2, 0) is 16.6 Å². The summed E-state index contributed by atoms with van der Waals surface area (Å²) < 4.78 is 30.0. The number of carbonyl (C=O) groups is 1. The third-order valence-electron chi connectivity index (χ3n) is 5.70. The summed E-state index contributed by atoms with van der Waals surface area (Å²) in [6.45, 7) is 4.54. The molecule has 0 spiro atoms. The van der Waals surface area contributed by atoms with Crippen LogP contribution in [0.15, 0.2) is 82.7 Å². The van der Waals surface area contributed by atoms with Gasteiger partial charge in [-0.25, -0.2) is 8.42 Å². The zero-order valence-corrected chi connectivity index (χ0v) is 21.3. The Hall–Kier alpha value is -3.67. The number of para-hydroxylation sites is 1. The highest BCUT2D eigenvalue weighted by Crippen LogP contribution is 2.24. The van der Waals surface area contributed by atoms with Crippen LogP contribution in [0.2, 0.25) is 0 Å². The number of carbonyl (C=O) groups excluding carboxylic acids is 1. The smallest absolute Gasteiger partial charge is 0.279 e. The second-order valence-corrected chi connectivity index (χ2v) is 11.3. The van der Waals surface area contributed by atoms with E-state index in [9.17, 15) is 13.2 Å². The highest BCUT2D eigenvalue weighted by atomic mass is 32.2. The molecular weight excluding hydrogens is 478 g/mol. The standard InChI is InChI=1S/C27H25N3O3S2/c1-5-17-30-24-16-13-21(19(2)3)18-25(24)34-27(30)28-26(31)20-11-14-23(15-12-20)35(32,33)29(4)22-9-7-6-8-10-22/h1,6-16,18-19H,17H2,2-4H3. The Kier molecular flexibility index (Phi) is 6.92. The molecule has 1 amide bonds. The van der Waals surface area contributed by atoms with Gasteiger partial charge in [0.05, 0.1) is 27.3 Å². The molecule has 0 aliphatic heterocycles. The van der Waals surface area contributed by atoms with E-state index in [-0.39, 0.29) is 11.4 Å². The Morgan fingerprint density at radius 1 is 1.09 bits per heavy atom. The normalized spacial score (nSPS) is 12.1. The molecule has 4 rings (SSSR count). The summed E-state index contributed by atoms with van der Waals surface area (Å²) >= 11 is 1.40. The summed E-state index contributed by atoms with van der Waals surface area (Å²) in [5, 5.41) is 0. The fourth-order valence-corrected chi connectivity index (χ4v) is 5.91. The first-order valence-electron chi connectivity index (χ1n) is 11.0. The summed E-state index contributed by atoms with van der Waals surface area (Å²) in [6, 6.07) is 20.8. The third kappa shape index (κ3) is 4.92. The topological polar surface area (TPSA) is 71.7 Å². The maximum atomic E-state index is 13.0. The maximum absolute atomic E-state index is 13.0. The van der Waals surface area contributed by atoms with E-state index in [0.717, 1.165) is 10.2 Å². The fraction of sp³-hybridized carbons (Fsp3) is 0.185. The molecule has 0 N–H and O–H groups in total. The van der Waals surface area contributed by atoms with Crippen LogP contribution >= 0.6 is 11.3 Å². The lowest BCUT2D eigenvalue weighted by molar-refractivity contribution is 0.0998. The van der Waals surface area contributed by atoms with Gasteiger partial charge in [0.2, 0.25) is 0 Å². The molecule has 0 bridgehead atoms. The van der Waals surface area contributed by atoms with Crippen molar-refractivity contribution in [3.63, 3.8) is 0 Å². The molecule has 1 aromatic heterocycles. The fourth-order valence-electron chi connectivity index (χ4n) is 3.63. The predicted octanol–water partition coefficient (Wildman–Crippen LogP) is 5.03. The van der Waals surface area contributed by atoms with Crippen molar-refractivity contribution < 1.29 is 13.2 Å². The third-order valence-corrected chi connectivity index (χ3v) is 8.54. The average Bonchev–Trinajstić information content (AvgIpc) is 3.20. The van der Waals surface area contributed by atoms with E-state index in [2.05, 4.69) is 36.9 Å². The number of fused-ring (bicyclic) bond motifs is 1. The van der Waals surface area contributed by atoms with Crippen LogP contribution in [0.25, 0.3) is 10.2 Å². The number of thiazole rings is 1. The molecule has 0 saturated heterocycles. The lowest BCUT2D eigenvalue weighted by Crippen LogP contribution is -2.26. The summed E-state index contributed by atoms with van der Waals surface area (Å²) in [6.07, 6.45) is 5.57. The van der Waals surface area contributed by atoms with Crippen LogP contribution in [-0.4, -0.2) is 25.9 Å². The van der Waals surface area contributed by atoms with Crippen molar-refractivity contribution in [2.75, 3.05) is 11.4 Å². The molecule has 0 aliphatic carbocycles. The largest absolute Gasteiger partial charge is 0.305 e. The number of rotatable bonds is 6. The first kappa shape index (κ1) is 24.5. The van der Waals surface area contributed by atoms with Gasteiger partial charge in [-0.15, -0.1) is 6.42 Å². The Morgan fingerprint density at radius 2 is 1.77 bits per heavy atom. The van der Waals surface area contributed by atoms with E-state index in [4.69, 9.17) is 6.42 Å². The molecule has 0 unspecified atom stereocenters.